The molecule has 1 N–H and O–H groups in total. The number of carboxylic acids is 1. The third-order valence-electron chi connectivity index (χ3n) is 2.48. The molecule has 2 rings (SSSR count). The Kier molecular flexibility index (Phi) is 3.27. The normalized spacial score (nSPS) is 10.3. The Bertz CT molecular complexity index is 563. The lowest BCUT2D eigenvalue weighted by Gasteiger charge is -2.07. The number of ether oxygens (including phenoxy) is 1. The largest absolute Gasteiger partial charge is 0.487 e. The van der Waals surface area contributed by atoms with Crippen LogP contribution in [0.1, 0.15) is 16.1 Å². The first-order chi connectivity index (χ1) is 8.58. The summed E-state index contributed by atoms with van der Waals surface area (Å²) in [6.07, 6.45) is 1.27. The Balaban J connectivity index is 2.12. The van der Waals surface area contributed by atoms with Gasteiger partial charge in [0.05, 0.1) is 11.9 Å². The van der Waals surface area contributed by atoms with Gasteiger partial charge >= 0.3 is 5.97 Å². The first kappa shape index (κ1) is 12.1. The number of nitrogens with zero attached hydrogens (tertiary/aromatic N) is 2. The van der Waals surface area contributed by atoms with E-state index in [0.717, 1.165) is 0 Å². The third-order valence-corrected chi connectivity index (χ3v) is 2.48. The molecule has 1 aromatic carbocycles. The van der Waals surface area contributed by atoms with Crippen molar-refractivity contribution in [3.05, 3.63) is 47.5 Å². The lowest BCUT2D eigenvalue weighted by Crippen LogP contribution is -2.08. The van der Waals surface area contributed by atoms with Crippen LogP contribution in [0.3, 0.4) is 0 Å². The molecule has 0 bridgehead atoms. The van der Waals surface area contributed by atoms with Gasteiger partial charge in [-0.15, -0.1) is 0 Å². The summed E-state index contributed by atoms with van der Waals surface area (Å²) >= 11 is 0. The van der Waals surface area contributed by atoms with Gasteiger partial charge in [0, 0.05) is 7.05 Å². The van der Waals surface area contributed by atoms with Crippen molar-refractivity contribution in [1.29, 1.82) is 0 Å². The van der Waals surface area contributed by atoms with Crippen molar-refractivity contribution >= 4 is 5.97 Å². The average Bonchev–Trinajstić information content (AvgIpc) is 2.70. The monoisotopic (exact) mass is 250 g/mol. The molecule has 2 aromatic rings. The summed E-state index contributed by atoms with van der Waals surface area (Å²) in [4.78, 5) is 10.9. The van der Waals surface area contributed by atoms with E-state index < -0.39 is 5.97 Å². The van der Waals surface area contributed by atoms with Crippen molar-refractivity contribution in [3.8, 4) is 5.75 Å². The number of aromatic carboxylic acids is 1. The van der Waals surface area contributed by atoms with Gasteiger partial charge < -0.3 is 9.84 Å². The van der Waals surface area contributed by atoms with E-state index in [2.05, 4.69) is 5.10 Å². The van der Waals surface area contributed by atoms with Crippen LogP contribution in [0.4, 0.5) is 4.39 Å². The molecule has 0 aliphatic heterocycles. The Morgan fingerprint density at radius 3 is 2.72 bits per heavy atom. The lowest BCUT2D eigenvalue weighted by atomic mass is 10.2. The van der Waals surface area contributed by atoms with Crippen LogP contribution < -0.4 is 4.74 Å². The second kappa shape index (κ2) is 4.87. The zero-order valence-corrected chi connectivity index (χ0v) is 9.63. The van der Waals surface area contributed by atoms with Crippen molar-refractivity contribution in [2.24, 2.45) is 7.05 Å². The summed E-state index contributed by atoms with van der Waals surface area (Å²) in [6, 6.07) is 5.51. The Labute approximate surface area is 102 Å². The van der Waals surface area contributed by atoms with Gasteiger partial charge in [-0.05, 0) is 24.3 Å². The Hall–Kier alpha value is -2.37. The molecule has 0 unspecified atom stereocenters. The average molecular weight is 250 g/mol. The smallest absolute Gasteiger partial charge is 0.339 e. The third kappa shape index (κ3) is 2.48. The van der Waals surface area contributed by atoms with Crippen LogP contribution in [0, 0.1) is 5.82 Å². The molecule has 0 atom stereocenters. The molecule has 6 heteroatoms. The van der Waals surface area contributed by atoms with E-state index >= 15 is 0 Å². The molecule has 0 saturated carbocycles. The van der Waals surface area contributed by atoms with Crippen molar-refractivity contribution in [3.63, 3.8) is 0 Å². The van der Waals surface area contributed by atoms with Gasteiger partial charge in [-0.1, -0.05) is 0 Å². The number of hydrogen-bond donors (Lipinski definition) is 1. The van der Waals surface area contributed by atoms with Crippen LogP contribution in [0.15, 0.2) is 30.5 Å². The van der Waals surface area contributed by atoms with Gasteiger partial charge in [0.15, 0.2) is 0 Å². The van der Waals surface area contributed by atoms with Crippen LogP contribution in [0.2, 0.25) is 0 Å². The summed E-state index contributed by atoms with van der Waals surface area (Å²) in [6.45, 7) is 0.0593. The molecule has 0 aliphatic rings. The van der Waals surface area contributed by atoms with Crippen molar-refractivity contribution in [1.82, 2.24) is 9.78 Å². The molecule has 1 aromatic heterocycles. The van der Waals surface area contributed by atoms with E-state index in [1.807, 2.05) is 0 Å². The van der Waals surface area contributed by atoms with Gasteiger partial charge in [-0.3, -0.25) is 4.68 Å². The number of carbonyl (C=O) groups is 1. The Morgan fingerprint density at radius 1 is 1.44 bits per heavy atom. The maximum absolute atomic E-state index is 12.7. The number of halogens is 1. The topological polar surface area (TPSA) is 64.4 Å². The molecule has 18 heavy (non-hydrogen) atoms. The van der Waals surface area contributed by atoms with Crippen LogP contribution in [-0.2, 0) is 13.7 Å². The highest BCUT2D eigenvalue weighted by molar-refractivity contribution is 5.88. The minimum Gasteiger partial charge on any atom is -0.487 e. The van der Waals surface area contributed by atoms with Crippen molar-refractivity contribution in [2.45, 2.75) is 6.61 Å². The van der Waals surface area contributed by atoms with E-state index in [1.165, 1.54) is 35.1 Å². The van der Waals surface area contributed by atoms with E-state index in [-0.39, 0.29) is 18.0 Å². The van der Waals surface area contributed by atoms with Crippen LogP contribution >= 0.6 is 0 Å². The predicted molar refractivity (Wildman–Crippen MR) is 60.9 cm³/mol. The SMILES string of the molecule is Cn1ncc(C(=O)O)c1COc1ccc(F)cc1. The maximum atomic E-state index is 12.7. The van der Waals surface area contributed by atoms with Crippen LogP contribution in [0.5, 0.6) is 5.75 Å². The predicted octanol–water partition coefficient (Wildman–Crippen LogP) is 1.84. The van der Waals surface area contributed by atoms with Crippen molar-refractivity contribution in [2.75, 3.05) is 0 Å². The maximum Gasteiger partial charge on any atom is 0.339 e. The number of hydrogen-bond acceptors (Lipinski definition) is 3. The molecule has 0 amide bonds. The number of carboxylic acid groups (broad SMARTS) is 1. The molecule has 0 spiro atoms. The highest BCUT2D eigenvalue weighted by Crippen LogP contribution is 2.15. The minimum absolute atomic E-state index is 0.0593. The zero-order valence-electron chi connectivity index (χ0n) is 9.63. The minimum atomic E-state index is -1.05. The van der Waals surface area contributed by atoms with Crippen LogP contribution in [-0.4, -0.2) is 20.9 Å². The Morgan fingerprint density at radius 2 is 2.11 bits per heavy atom. The highest BCUT2D eigenvalue weighted by atomic mass is 19.1. The van der Waals surface area contributed by atoms with Gasteiger partial charge in [-0.2, -0.15) is 5.10 Å². The fourth-order valence-corrected chi connectivity index (χ4v) is 1.50. The van der Waals surface area contributed by atoms with E-state index in [1.54, 1.807) is 7.05 Å². The number of aromatic nitrogens is 2. The standard InChI is InChI=1S/C12H11FN2O3/c1-15-11(10(6-14-15)12(16)17)7-18-9-4-2-8(13)3-5-9/h2-6H,7H2,1H3,(H,16,17). The fraction of sp³-hybridized carbons (Fsp3) is 0.167. The molecule has 0 aliphatic carbocycles. The van der Waals surface area contributed by atoms with E-state index in [9.17, 15) is 9.18 Å². The fourth-order valence-electron chi connectivity index (χ4n) is 1.50. The van der Waals surface area contributed by atoms with Crippen molar-refractivity contribution < 1.29 is 19.0 Å². The van der Waals surface area contributed by atoms with Gasteiger partial charge in [0.1, 0.15) is 23.7 Å². The summed E-state index contributed by atoms with van der Waals surface area (Å²) in [5, 5.41) is 12.8. The van der Waals surface area contributed by atoms with E-state index in [4.69, 9.17) is 9.84 Å². The van der Waals surface area contributed by atoms with Crippen LogP contribution in [0.25, 0.3) is 0 Å². The molecule has 0 fully saturated rings. The second-order valence-corrected chi connectivity index (χ2v) is 3.68. The highest BCUT2D eigenvalue weighted by Gasteiger charge is 2.15. The summed E-state index contributed by atoms with van der Waals surface area (Å²) in [7, 11) is 1.63. The molecule has 0 radical (unpaired) electrons. The molecule has 94 valence electrons. The van der Waals surface area contributed by atoms with Gasteiger partial charge in [-0.25, -0.2) is 9.18 Å². The molecule has 5 nitrogen and oxygen atoms in total. The zero-order chi connectivity index (χ0) is 13.1. The first-order valence-corrected chi connectivity index (χ1v) is 5.20. The van der Waals surface area contributed by atoms with Gasteiger partial charge in [0.25, 0.3) is 0 Å². The molecular weight excluding hydrogens is 239 g/mol. The summed E-state index contributed by atoms with van der Waals surface area (Å²) < 4.78 is 19.5. The molecule has 1 heterocycles. The second-order valence-electron chi connectivity index (χ2n) is 3.68. The van der Waals surface area contributed by atoms with Gasteiger partial charge in [0.2, 0.25) is 0 Å². The summed E-state index contributed by atoms with van der Waals surface area (Å²) in [5.41, 5.74) is 0.548. The first-order valence-electron chi connectivity index (χ1n) is 5.20. The van der Waals surface area contributed by atoms with E-state index in [0.29, 0.717) is 11.4 Å². The molecular formula is C12H11FN2O3. The number of aryl methyl sites for hydroxylation is 1. The number of rotatable bonds is 4. The molecule has 0 saturated heterocycles. The number of benzene rings is 1. The lowest BCUT2D eigenvalue weighted by molar-refractivity contribution is 0.0693. The quantitative estimate of drug-likeness (QED) is 0.899. The summed E-state index contributed by atoms with van der Waals surface area (Å²) in [5.74, 6) is -0.941.